The Balaban J connectivity index is 2.17. The number of aromatic nitrogens is 1. The average molecular weight is 347 g/mol. The minimum absolute atomic E-state index is 0.0117. The molecule has 4 heteroatoms. The SMILES string of the molecule is CC(C)C[C@@H](NC(=O)c1cncc(Br)c1)c1ccccc1. The van der Waals surface area contributed by atoms with Crippen LogP contribution in [0.5, 0.6) is 0 Å². The van der Waals surface area contributed by atoms with Gasteiger partial charge in [0, 0.05) is 16.9 Å². The number of rotatable bonds is 5. The molecule has 0 aliphatic rings. The van der Waals surface area contributed by atoms with E-state index in [2.05, 4.69) is 40.1 Å². The summed E-state index contributed by atoms with van der Waals surface area (Å²) in [6.07, 6.45) is 4.15. The van der Waals surface area contributed by atoms with Crippen LogP contribution in [0.3, 0.4) is 0 Å². The number of nitrogens with zero attached hydrogens (tertiary/aromatic N) is 1. The molecule has 1 heterocycles. The molecular weight excluding hydrogens is 328 g/mol. The van der Waals surface area contributed by atoms with Crippen molar-refractivity contribution in [2.75, 3.05) is 0 Å². The van der Waals surface area contributed by atoms with E-state index in [9.17, 15) is 4.79 Å². The van der Waals surface area contributed by atoms with Crippen LogP contribution >= 0.6 is 15.9 Å². The van der Waals surface area contributed by atoms with Gasteiger partial charge in [0.1, 0.15) is 0 Å². The molecule has 110 valence electrons. The fourth-order valence-corrected chi connectivity index (χ4v) is 2.58. The van der Waals surface area contributed by atoms with Gasteiger partial charge in [0.15, 0.2) is 0 Å². The van der Waals surface area contributed by atoms with Crippen molar-refractivity contribution in [3.05, 3.63) is 64.4 Å². The van der Waals surface area contributed by atoms with Crippen molar-refractivity contribution < 1.29 is 4.79 Å². The fraction of sp³-hybridized carbons (Fsp3) is 0.294. The second-order valence-electron chi connectivity index (χ2n) is 5.46. The first-order valence-electron chi connectivity index (χ1n) is 7.02. The van der Waals surface area contributed by atoms with Gasteiger partial charge in [0.05, 0.1) is 11.6 Å². The number of amides is 1. The predicted molar refractivity (Wildman–Crippen MR) is 88.0 cm³/mol. The Labute approximate surface area is 133 Å². The normalized spacial score (nSPS) is 12.2. The van der Waals surface area contributed by atoms with Gasteiger partial charge in [-0.2, -0.15) is 0 Å². The number of carbonyl (C=O) groups is 1. The quantitative estimate of drug-likeness (QED) is 0.873. The molecule has 0 saturated carbocycles. The van der Waals surface area contributed by atoms with Gasteiger partial charge in [-0.1, -0.05) is 44.2 Å². The molecule has 0 saturated heterocycles. The van der Waals surface area contributed by atoms with Crippen LogP contribution in [0.15, 0.2) is 53.3 Å². The minimum atomic E-state index is -0.0988. The fourth-order valence-electron chi connectivity index (χ4n) is 2.21. The van der Waals surface area contributed by atoms with Crippen LogP contribution in [-0.4, -0.2) is 10.9 Å². The third kappa shape index (κ3) is 4.67. The van der Waals surface area contributed by atoms with Crippen molar-refractivity contribution in [2.45, 2.75) is 26.3 Å². The van der Waals surface area contributed by atoms with Gasteiger partial charge >= 0.3 is 0 Å². The molecule has 0 radical (unpaired) electrons. The van der Waals surface area contributed by atoms with E-state index in [1.807, 2.05) is 30.3 Å². The van der Waals surface area contributed by atoms with Crippen LogP contribution < -0.4 is 5.32 Å². The molecule has 0 aliphatic carbocycles. The van der Waals surface area contributed by atoms with Crippen LogP contribution in [0, 0.1) is 5.92 Å². The highest BCUT2D eigenvalue weighted by molar-refractivity contribution is 9.10. The van der Waals surface area contributed by atoms with E-state index < -0.39 is 0 Å². The van der Waals surface area contributed by atoms with Crippen molar-refractivity contribution >= 4 is 21.8 Å². The first kappa shape index (κ1) is 15.7. The topological polar surface area (TPSA) is 42.0 Å². The maximum atomic E-state index is 12.4. The van der Waals surface area contributed by atoms with Gasteiger partial charge < -0.3 is 5.32 Å². The third-order valence-corrected chi connectivity index (χ3v) is 3.62. The number of benzene rings is 1. The highest BCUT2D eigenvalue weighted by Gasteiger charge is 2.17. The van der Waals surface area contributed by atoms with Crippen molar-refractivity contribution in [3.63, 3.8) is 0 Å². The number of carbonyl (C=O) groups excluding carboxylic acids is 1. The molecule has 1 aromatic carbocycles. The van der Waals surface area contributed by atoms with Crippen LogP contribution in [0.2, 0.25) is 0 Å². The van der Waals surface area contributed by atoms with E-state index >= 15 is 0 Å². The van der Waals surface area contributed by atoms with Crippen molar-refractivity contribution in [2.24, 2.45) is 5.92 Å². The van der Waals surface area contributed by atoms with E-state index in [1.165, 1.54) is 0 Å². The lowest BCUT2D eigenvalue weighted by molar-refractivity contribution is 0.0931. The second kappa shape index (κ2) is 7.36. The molecule has 1 aromatic heterocycles. The van der Waals surface area contributed by atoms with Crippen molar-refractivity contribution in [1.82, 2.24) is 10.3 Å². The molecule has 2 aromatic rings. The van der Waals surface area contributed by atoms with Gasteiger partial charge in [-0.05, 0) is 39.9 Å². The highest BCUT2D eigenvalue weighted by atomic mass is 79.9. The summed E-state index contributed by atoms with van der Waals surface area (Å²) in [5.74, 6) is 0.398. The second-order valence-corrected chi connectivity index (χ2v) is 6.37. The minimum Gasteiger partial charge on any atom is -0.345 e. The summed E-state index contributed by atoms with van der Waals surface area (Å²) in [6, 6.07) is 11.9. The molecule has 0 aliphatic heterocycles. The van der Waals surface area contributed by atoms with E-state index in [-0.39, 0.29) is 11.9 Å². The smallest absolute Gasteiger partial charge is 0.253 e. The Hall–Kier alpha value is -1.68. The number of nitrogens with one attached hydrogen (secondary N) is 1. The lowest BCUT2D eigenvalue weighted by atomic mass is 9.97. The van der Waals surface area contributed by atoms with Gasteiger partial charge in [0.25, 0.3) is 5.91 Å². The molecule has 0 spiro atoms. The summed E-state index contributed by atoms with van der Waals surface area (Å²) < 4.78 is 0.801. The molecule has 0 unspecified atom stereocenters. The number of halogens is 1. The Morgan fingerprint density at radius 1 is 1.24 bits per heavy atom. The molecule has 3 nitrogen and oxygen atoms in total. The predicted octanol–water partition coefficient (Wildman–Crippen LogP) is 4.36. The number of pyridine rings is 1. The molecule has 1 atom stereocenters. The van der Waals surface area contributed by atoms with E-state index in [1.54, 1.807) is 18.5 Å². The maximum Gasteiger partial charge on any atom is 0.253 e. The molecule has 2 rings (SSSR count). The Morgan fingerprint density at radius 2 is 1.95 bits per heavy atom. The van der Waals surface area contributed by atoms with Crippen molar-refractivity contribution in [1.29, 1.82) is 0 Å². The van der Waals surface area contributed by atoms with E-state index in [0.29, 0.717) is 11.5 Å². The van der Waals surface area contributed by atoms with Crippen LogP contribution in [0.4, 0.5) is 0 Å². The Kier molecular flexibility index (Phi) is 5.51. The van der Waals surface area contributed by atoms with Gasteiger partial charge in [0.2, 0.25) is 0 Å². The molecule has 1 N–H and O–H groups in total. The average Bonchev–Trinajstić information content (AvgIpc) is 2.47. The zero-order valence-corrected chi connectivity index (χ0v) is 13.8. The third-order valence-electron chi connectivity index (χ3n) is 3.18. The first-order chi connectivity index (χ1) is 10.1. The standard InChI is InChI=1S/C17H19BrN2O/c1-12(2)8-16(13-6-4-3-5-7-13)20-17(21)14-9-15(18)11-19-10-14/h3-7,9-12,16H,8H2,1-2H3,(H,20,21)/t16-/m1/s1. The maximum absolute atomic E-state index is 12.4. The molecule has 1 amide bonds. The number of hydrogen-bond acceptors (Lipinski definition) is 2. The van der Waals surface area contributed by atoms with Crippen LogP contribution in [0.1, 0.15) is 42.2 Å². The van der Waals surface area contributed by atoms with Gasteiger partial charge in [-0.3, -0.25) is 9.78 Å². The molecule has 0 bridgehead atoms. The lowest BCUT2D eigenvalue weighted by Crippen LogP contribution is -2.29. The molecule has 21 heavy (non-hydrogen) atoms. The van der Waals surface area contributed by atoms with Crippen LogP contribution in [-0.2, 0) is 0 Å². The van der Waals surface area contributed by atoms with Crippen LogP contribution in [0.25, 0.3) is 0 Å². The Morgan fingerprint density at radius 3 is 2.57 bits per heavy atom. The highest BCUT2D eigenvalue weighted by Crippen LogP contribution is 2.22. The molecule has 0 fully saturated rings. The largest absolute Gasteiger partial charge is 0.345 e. The summed E-state index contributed by atoms with van der Waals surface area (Å²) in [4.78, 5) is 16.4. The van der Waals surface area contributed by atoms with Gasteiger partial charge in [-0.25, -0.2) is 0 Å². The van der Waals surface area contributed by atoms with E-state index in [0.717, 1.165) is 16.5 Å². The van der Waals surface area contributed by atoms with Crippen molar-refractivity contribution in [3.8, 4) is 0 Å². The summed E-state index contributed by atoms with van der Waals surface area (Å²) >= 11 is 3.34. The summed E-state index contributed by atoms with van der Waals surface area (Å²) in [6.45, 7) is 4.31. The van der Waals surface area contributed by atoms with E-state index in [4.69, 9.17) is 0 Å². The summed E-state index contributed by atoms with van der Waals surface area (Å²) in [5, 5.41) is 3.11. The summed E-state index contributed by atoms with van der Waals surface area (Å²) in [7, 11) is 0. The molecular formula is C17H19BrN2O. The zero-order valence-electron chi connectivity index (χ0n) is 12.2. The zero-order chi connectivity index (χ0) is 15.2. The van der Waals surface area contributed by atoms with Gasteiger partial charge in [-0.15, -0.1) is 0 Å². The summed E-state index contributed by atoms with van der Waals surface area (Å²) in [5.41, 5.74) is 1.69. The number of hydrogen-bond donors (Lipinski definition) is 1. The Bertz CT molecular complexity index is 599. The monoisotopic (exact) mass is 346 g/mol. The lowest BCUT2D eigenvalue weighted by Gasteiger charge is -2.21. The first-order valence-corrected chi connectivity index (χ1v) is 7.82.